The van der Waals surface area contributed by atoms with Crippen LogP contribution >= 0.6 is 0 Å². The van der Waals surface area contributed by atoms with Gasteiger partial charge in [-0.05, 0) is 30.9 Å². The number of rotatable bonds is 6. The molecule has 0 bridgehead atoms. The van der Waals surface area contributed by atoms with Gasteiger partial charge in [-0.2, -0.15) is 0 Å². The predicted octanol–water partition coefficient (Wildman–Crippen LogP) is 2.70. The molecule has 1 unspecified atom stereocenters. The highest BCUT2D eigenvalue weighted by Crippen LogP contribution is 2.15. The summed E-state index contributed by atoms with van der Waals surface area (Å²) in [6.07, 6.45) is 2.91. The summed E-state index contributed by atoms with van der Waals surface area (Å²) in [7, 11) is 0. The molecule has 0 spiro atoms. The van der Waals surface area contributed by atoms with E-state index in [0.29, 0.717) is 6.54 Å². The zero-order valence-corrected chi connectivity index (χ0v) is 14.9. The van der Waals surface area contributed by atoms with Gasteiger partial charge in [0.15, 0.2) is 0 Å². The van der Waals surface area contributed by atoms with Crippen molar-refractivity contribution in [2.75, 3.05) is 6.54 Å². The number of aryl methyl sites for hydroxylation is 1. The van der Waals surface area contributed by atoms with Gasteiger partial charge in [-0.3, -0.25) is 9.59 Å². The van der Waals surface area contributed by atoms with Crippen LogP contribution in [0.2, 0.25) is 0 Å². The Labute approximate surface area is 143 Å². The fourth-order valence-corrected chi connectivity index (χ4v) is 2.43. The molecule has 1 heterocycles. The lowest BCUT2D eigenvalue weighted by Crippen LogP contribution is -2.48. The second-order valence-corrected chi connectivity index (χ2v) is 7.16. The minimum Gasteiger partial charge on any atom is -0.354 e. The highest BCUT2D eigenvalue weighted by molar-refractivity contribution is 5.89. The van der Waals surface area contributed by atoms with Crippen molar-refractivity contribution in [3.05, 3.63) is 36.5 Å². The van der Waals surface area contributed by atoms with E-state index in [1.807, 2.05) is 32.9 Å². The van der Waals surface area contributed by atoms with E-state index in [4.69, 9.17) is 0 Å². The summed E-state index contributed by atoms with van der Waals surface area (Å²) in [5, 5.41) is 6.85. The summed E-state index contributed by atoms with van der Waals surface area (Å²) >= 11 is 0. The van der Waals surface area contributed by atoms with Crippen LogP contribution in [0.15, 0.2) is 36.5 Å². The molecule has 0 aliphatic carbocycles. The number of amides is 2. The summed E-state index contributed by atoms with van der Waals surface area (Å²) in [5.74, 6) is -0.270. The first-order chi connectivity index (χ1) is 11.3. The molecule has 0 aliphatic rings. The molecule has 5 heteroatoms. The van der Waals surface area contributed by atoms with Crippen molar-refractivity contribution in [1.82, 2.24) is 15.2 Å². The normalized spacial score (nSPS) is 12.8. The minimum atomic E-state index is -0.524. The second-order valence-electron chi connectivity index (χ2n) is 7.16. The minimum absolute atomic E-state index is 0.121. The maximum atomic E-state index is 12.0. The first-order valence-corrected chi connectivity index (χ1v) is 8.41. The Morgan fingerprint density at radius 3 is 2.58 bits per heavy atom. The van der Waals surface area contributed by atoms with E-state index in [-0.39, 0.29) is 11.8 Å². The van der Waals surface area contributed by atoms with Crippen molar-refractivity contribution >= 4 is 22.7 Å². The molecule has 0 saturated carbocycles. The topological polar surface area (TPSA) is 63.1 Å². The molecule has 2 N–H and O–H groups in total. The zero-order valence-electron chi connectivity index (χ0n) is 14.9. The summed E-state index contributed by atoms with van der Waals surface area (Å²) in [4.78, 5) is 23.9. The van der Waals surface area contributed by atoms with E-state index in [1.165, 1.54) is 10.9 Å². The second kappa shape index (κ2) is 7.51. The van der Waals surface area contributed by atoms with Gasteiger partial charge in [-0.15, -0.1) is 0 Å². The van der Waals surface area contributed by atoms with Gasteiger partial charge < -0.3 is 15.2 Å². The number of carbonyl (C=O) groups is 2. The molecule has 0 fully saturated rings. The Bertz CT molecular complexity index is 713. The van der Waals surface area contributed by atoms with E-state index in [2.05, 4.69) is 39.6 Å². The third-order valence-corrected chi connectivity index (χ3v) is 3.98. The van der Waals surface area contributed by atoms with Crippen molar-refractivity contribution in [2.45, 2.75) is 46.7 Å². The molecule has 24 heavy (non-hydrogen) atoms. The number of nitrogens with zero attached hydrogens (tertiary/aromatic N) is 1. The van der Waals surface area contributed by atoms with Crippen molar-refractivity contribution in [3.63, 3.8) is 0 Å². The highest BCUT2D eigenvalue weighted by Gasteiger charge is 2.24. The summed E-state index contributed by atoms with van der Waals surface area (Å²) in [6, 6.07) is 9.81. The smallest absolute Gasteiger partial charge is 0.242 e. The van der Waals surface area contributed by atoms with E-state index < -0.39 is 11.5 Å². The molecule has 130 valence electrons. The molecule has 2 amide bonds. The third kappa shape index (κ3) is 4.60. The van der Waals surface area contributed by atoms with Gasteiger partial charge in [-0.25, -0.2) is 0 Å². The third-order valence-electron chi connectivity index (χ3n) is 3.98. The maximum absolute atomic E-state index is 12.0. The van der Waals surface area contributed by atoms with E-state index in [1.54, 1.807) is 6.92 Å². The molecule has 2 aromatic rings. The average molecular weight is 329 g/mol. The molecule has 1 aromatic carbocycles. The van der Waals surface area contributed by atoms with Gasteiger partial charge in [0.25, 0.3) is 0 Å². The highest BCUT2D eigenvalue weighted by atomic mass is 16.2. The Balaban J connectivity index is 1.75. The van der Waals surface area contributed by atoms with E-state index in [9.17, 15) is 9.59 Å². The van der Waals surface area contributed by atoms with E-state index in [0.717, 1.165) is 13.0 Å². The fourth-order valence-electron chi connectivity index (χ4n) is 2.43. The van der Waals surface area contributed by atoms with Crippen LogP contribution in [0.5, 0.6) is 0 Å². The van der Waals surface area contributed by atoms with Crippen LogP contribution in [0.3, 0.4) is 0 Å². The van der Waals surface area contributed by atoms with Gasteiger partial charge in [0.05, 0.1) is 0 Å². The Morgan fingerprint density at radius 1 is 1.17 bits per heavy atom. The van der Waals surface area contributed by atoms with Gasteiger partial charge in [0.2, 0.25) is 11.8 Å². The molecule has 5 nitrogen and oxygen atoms in total. The van der Waals surface area contributed by atoms with Crippen molar-refractivity contribution in [1.29, 1.82) is 0 Å². The molecule has 2 rings (SSSR count). The Hall–Kier alpha value is -2.30. The number of hydrogen-bond acceptors (Lipinski definition) is 2. The molecule has 0 radical (unpaired) electrons. The van der Waals surface area contributed by atoms with Crippen LogP contribution in [-0.2, 0) is 16.1 Å². The van der Waals surface area contributed by atoms with Crippen LogP contribution in [-0.4, -0.2) is 29.0 Å². The van der Waals surface area contributed by atoms with Gasteiger partial charge >= 0.3 is 0 Å². The van der Waals surface area contributed by atoms with Crippen LogP contribution in [0.1, 0.15) is 34.1 Å². The quantitative estimate of drug-likeness (QED) is 0.801. The van der Waals surface area contributed by atoms with E-state index >= 15 is 0 Å². The average Bonchev–Trinajstić information content (AvgIpc) is 2.93. The summed E-state index contributed by atoms with van der Waals surface area (Å²) in [5.41, 5.74) is 0.707. The monoisotopic (exact) mass is 329 g/mol. The predicted molar refractivity (Wildman–Crippen MR) is 96.6 cm³/mol. The summed E-state index contributed by atoms with van der Waals surface area (Å²) in [6.45, 7) is 8.62. The standard InChI is InChI=1S/C19H27N3O2/c1-14(21-18(24)19(2,3)4)17(23)20-11-7-12-22-13-10-15-8-5-6-9-16(15)22/h5-6,8-10,13-14H,7,11-12H2,1-4H3,(H,20,23)(H,21,24). The maximum Gasteiger partial charge on any atom is 0.242 e. The summed E-state index contributed by atoms with van der Waals surface area (Å²) < 4.78 is 2.19. The Morgan fingerprint density at radius 2 is 1.88 bits per heavy atom. The number of fused-ring (bicyclic) bond motifs is 1. The molecular weight excluding hydrogens is 302 g/mol. The first-order valence-electron chi connectivity index (χ1n) is 8.41. The molecule has 0 aliphatic heterocycles. The lowest BCUT2D eigenvalue weighted by Gasteiger charge is -2.21. The van der Waals surface area contributed by atoms with Crippen LogP contribution in [0, 0.1) is 5.41 Å². The van der Waals surface area contributed by atoms with Gasteiger partial charge in [0.1, 0.15) is 6.04 Å². The lowest BCUT2D eigenvalue weighted by molar-refractivity contribution is -0.133. The van der Waals surface area contributed by atoms with Crippen LogP contribution in [0.4, 0.5) is 0 Å². The Kier molecular flexibility index (Phi) is 5.65. The lowest BCUT2D eigenvalue weighted by atomic mass is 9.95. The van der Waals surface area contributed by atoms with Crippen LogP contribution < -0.4 is 10.6 Å². The molecule has 1 atom stereocenters. The number of hydrogen-bond donors (Lipinski definition) is 2. The number of aromatic nitrogens is 1. The number of benzene rings is 1. The number of para-hydroxylation sites is 1. The van der Waals surface area contributed by atoms with Gasteiger partial charge in [-0.1, -0.05) is 39.0 Å². The number of nitrogens with one attached hydrogen (secondary N) is 2. The SMILES string of the molecule is CC(NC(=O)C(C)(C)C)C(=O)NCCCn1ccc2ccccc21. The van der Waals surface area contributed by atoms with Crippen molar-refractivity contribution < 1.29 is 9.59 Å². The zero-order chi connectivity index (χ0) is 17.7. The number of carbonyl (C=O) groups excluding carboxylic acids is 2. The van der Waals surface area contributed by atoms with Crippen LogP contribution in [0.25, 0.3) is 10.9 Å². The van der Waals surface area contributed by atoms with Crippen molar-refractivity contribution in [2.24, 2.45) is 5.41 Å². The largest absolute Gasteiger partial charge is 0.354 e. The molecule has 1 aromatic heterocycles. The first kappa shape index (κ1) is 18.0. The molecule has 0 saturated heterocycles. The van der Waals surface area contributed by atoms with Crippen molar-refractivity contribution in [3.8, 4) is 0 Å². The molecular formula is C19H27N3O2. The fraction of sp³-hybridized carbons (Fsp3) is 0.474. The van der Waals surface area contributed by atoms with Gasteiger partial charge in [0, 0.05) is 30.2 Å².